The Morgan fingerprint density at radius 1 is 0.952 bits per heavy atom. The van der Waals surface area contributed by atoms with E-state index in [0.29, 0.717) is 45.4 Å². The molecule has 2 aromatic carbocycles. The van der Waals surface area contributed by atoms with Gasteiger partial charge in [-0.1, -0.05) is 72.8 Å². The Bertz CT molecular complexity index is 1320. The molecule has 8 nitrogen and oxygen atoms in total. The van der Waals surface area contributed by atoms with Gasteiger partial charge in [0.1, 0.15) is 11.6 Å². The number of likely N-dealkylation sites (tertiary alicyclic amines) is 1. The number of aliphatic hydroxyl groups is 1. The molecule has 3 saturated heterocycles. The third-order valence-corrected chi connectivity index (χ3v) is 9.09. The van der Waals surface area contributed by atoms with E-state index in [2.05, 4.69) is 13.2 Å². The van der Waals surface area contributed by atoms with Crippen molar-refractivity contribution < 1.29 is 24.2 Å². The van der Waals surface area contributed by atoms with Gasteiger partial charge in [0.15, 0.2) is 0 Å². The first-order valence-electron chi connectivity index (χ1n) is 14.8. The molecule has 3 amide bonds. The number of benzene rings is 2. The molecule has 0 saturated carbocycles. The van der Waals surface area contributed by atoms with Crippen LogP contribution in [-0.4, -0.2) is 81.0 Å². The summed E-state index contributed by atoms with van der Waals surface area (Å²) in [4.78, 5) is 48.2. The number of aliphatic hydroxyl groups excluding tert-OH is 1. The minimum Gasteiger partial charge on any atom is -0.396 e. The fourth-order valence-electron chi connectivity index (χ4n) is 7.32. The molecule has 0 aromatic heterocycles. The first-order valence-corrected chi connectivity index (χ1v) is 14.8. The number of rotatable bonds is 13. The second kappa shape index (κ2) is 12.2. The van der Waals surface area contributed by atoms with Crippen LogP contribution in [0.15, 0.2) is 86.0 Å². The van der Waals surface area contributed by atoms with Gasteiger partial charge in [0.25, 0.3) is 0 Å². The summed E-state index contributed by atoms with van der Waals surface area (Å²) in [6, 6.07) is 18.5. The number of carbonyl (C=O) groups is 3. The van der Waals surface area contributed by atoms with Crippen molar-refractivity contribution >= 4 is 17.7 Å². The van der Waals surface area contributed by atoms with Crippen molar-refractivity contribution in [2.45, 2.75) is 56.5 Å². The number of ether oxygens (including phenoxy) is 1. The fraction of sp³-hybridized carbons (Fsp3) is 0.441. The summed E-state index contributed by atoms with van der Waals surface area (Å²) in [7, 11) is 0. The quantitative estimate of drug-likeness (QED) is 0.372. The zero-order valence-corrected chi connectivity index (χ0v) is 24.4. The first-order chi connectivity index (χ1) is 20.3. The van der Waals surface area contributed by atoms with E-state index in [9.17, 15) is 19.5 Å². The van der Waals surface area contributed by atoms with Crippen molar-refractivity contribution in [1.82, 2.24) is 14.7 Å². The number of nitrogens with zero attached hydrogens (tertiary/aromatic N) is 3. The summed E-state index contributed by atoms with van der Waals surface area (Å²) >= 11 is 0. The van der Waals surface area contributed by atoms with Crippen molar-refractivity contribution in [2.24, 2.45) is 11.8 Å². The van der Waals surface area contributed by atoms with Gasteiger partial charge < -0.3 is 24.5 Å². The summed E-state index contributed by atoms with van der Waals surface area (Å²) in [5, 5.41) is 9.66. The third kappa shape index (κ3) is 5.18. The molecule has 3 aliphatic rings. The van der Waals surface area contributed by atoms with Crippen molar-refractivity contribution in [3.63, 3.8) is 0 Å². The Labute approximate surface area is 248 Å². The molecule has 5 rings (SSSR count). The number of amides is 3. The molecule has 3 heterocycles. The highest BCUT2D eigenvalue weighted by Gasteiger charge is 2.78. The lowest BCUT2D eigenvalue weighted by atomic mass is 9.66. The Balaban J connectivity index is 1.51. The maximum Gasteiger partial charge on any atom is 0.248 e. The molecule has 8 heteroatoms. The van der Waals surface area contributed by atoms with Gasteiger partial charge in [-0.15, -0.1) is 13.2 Å². The minimum atomic E-state index is -1.12. The lowest BCUT2D eigenvalue weighted by Crippen LogP contribution is -2.56. The SMILES string of the molecule is C=CCN(Cc1ccccc1)C(=O)C1N(CCCO)C(=O)[C@@H]2[C@@H](C(=O)N(CC=C)Cc3ccccc3)[C@@]3(C)CCC12O3. The third-order valence-electron chi connectivity index (χ3n) is 9.09. The zero-order chi connectivity index (χ0) is 29.9. The Morgan fingerprint density at radius 2 is 1.50 bits per heavy atom. The number of fused-ring (bicyclic) bond motifs is 1. The molecule has 5 atom stereocenters. The summed E-state index contributed by atoms with van der Waals surface area (Å²) in [5.41, 5.74) is -0.0576. The predicted molar refractivity (Wildman–Crippen MR) is 160 cm³/mol. The Morgan fingerprint density at radius 3 is 2.02 bits per heavy atom. The van der Waals surface area contributed by atoms with E-state index in [1.165, 1.54) is 0 Å². The molecule has 222 valence electrons. The molecule has 0 radical (unpaired) electrons. The van der Waals surface area contributed by atoms with Crippen LogP contribution in [0.5, 0.6) is 0 Å². The second-order valence-electron chi connectivity index (χ2n) is 11.8. The van der Waals surface area contributed by atoms with E-state index in [4.69, 9.17) is 4.74 Å². The normalized spacial score (nSPS) is 27.5. The molecule has 0 aliphatic carbocycles. The fourth-order valence-corrected chi connectivity index (χ4v) is 7.32. The van der Waals surface area contributed by atoms with Crippen LogP contribution in [-0.2, 0) is 32.2 Å². The molecule has 3 aliphatic heterocycles. The largest absolute Gasteiger partial charge is 0.396 e. The number of hydrogen-bond donors (Lipinski definition) is 1. The highest BCUT2D eigenvalue weighted by Crippen LogP contribution is 2.63. The smallest absolute Gasteiger partial charge is 0.248 e. The van der Waals surface area contributed by atoms with Crippen molar-refractivity contribution in [1.29, 1.82) is 0 Å². The summed E-state index contributed by atoms with van der Waals surface area (Å²) in [5.74, 6) is -2.17. The number of carbonyl (C=O) groups excluding carboxylic acids is 3. The molecular formula is C34H41N3O5. The van der Waals surface area contributed by atoms with Gasteiger partial charge in [0.2, 0.25) is 17.7 Å². The average molecular weight is 572 g/mol. The van der Waals surface area contributed by atoms with Gasteiger partial charge >= 0.3 is 0 Å². The van der Waals surface area contributed by atoms with E-state index in [0.717, 1.165) is 11.1 Å². The van der Waals surface area contributed by atoms with Crippen LogP contribution in [0.3, 0.4) is 0 Å². The van der Waals surface area contributed by atoms with Crippen molar-refractivity contribution in [3.8, 4) is 0 Å². The number of hydrogen-bond acceptors (Lipinski definition) is 5. The highest BCUT2D eigenvalue weighted by atomic mass is 16.5. The van der Waals surface area contributed by atoms with Gasteiger partial charge in [-0.05, 0) is 37.3 Å². The first kappa shape index (κ1) is 29.7. The van der Waals surface area contributed by atoms with E-state index in [-0.39, 0.29) is 30.9 Å². The predicted octanol–water partition coefficient (Wildman–Crippen LogP) is 3.56. The van der Waals surface area contributed by atoms with E-state index < -0.39 is 29.1 Å². The van der Waals surface area contributed by atoms with Gasteiger partial charge in [-0.3, -0.25) is 14.4 Å². The molecule has 2 bridgehead atoms. The van der Waals surface area contributed by atoms with Crippen LogP contribution >= 0.6 is 0 Å². The molecule has 3 fully saturated rings. The van der Waals surface area contributed by atoms with Gasteiger partial charge in [-0.2, -0.15) is 0 Å². The maximum absolute atomic E-state index is 14.5. The molecule has 42 heavy (non-hydrogen) atoms. The molecule has 2 unspecified atom stereocenters. The van der Waals surface area contributed by atoms with Crippen molar-refractivity contribution in [2.75, 3.05) is 26.2 Å². The summed E-state index contributed by atoms with van der Waals surface area (Å²) in [6.45, 7) is 11.1. The van der Waals surface area contributed by atoms with Gasteiger partial charge in [0.05, 0.1) is 17.4 Å². The highest BCUT2D eigenvalue weighted by molar-refractivity contribution is 5.99. The van der Waals surface area contributed by atoms with Crippen LogP contribution < -0.4 is 0 Å². The van der Waals surface area contributed by atoms with Crippen LogP contribution in [0.2, 0.25) is 0 Å². The van der Waals surface area contributed by atoms with Crippen LogP contribution in [0.1, 0.15) is 37.3 Å². The topological polar surface area (TPSA) is 90.4 Å². The summed E-state index contributed by atoms with van der Waals surface area (Å²) < 4.78 is 6.80. The van der Waals surface area contributed by atoms with E-state index >= 15 is 0 Å². The standard InChI is InChI=1S/C34H41N3O5/c1-4-19-35(23-25-13-8-6-9-14-25)30(39)27-28-31(40)37(21-12-22-38)29(34(28)18-17-33(27,3)42-34)32(41)36(20-5-2)24-26-15-10-7-11-16-26/h4-11,13-16,27-29,38H,1-2,12,17-24H2,3H3/t27-,28-,29?,33+,34?/m0/s1. The van der Waals surface area contributed by atoms with Crippen LogP contribution in [0.25, 0.3) is 0 Å². The van der Waals surface area contributed by atoms with E-state index in [1.807, 2.05) is 67.6 Å². The average Bonchev–Trinajstić information content (AvgIpc) is 3.56. The summed E-state index contributed by atoms with van der Waals surface area (Å²) in [6.07, 6.45) is 4.77. The van der Waals surface area contributed by atoms with Gasteiger partial charge in [0, 0.05) is 39.3 Å². The Hall–Kier alpha value is -3.75. The zero-order valence-electron chi connectivity index (χ0n) is 24.4. The van der Waals surface area contributed by atoms with Crippen molar-refractivity contribution in [3.05, 3.63) is 97.1 Å². The minimum absolute atomic E-state index is 0.117. The molecule has 2 aromatic rings. The molecule has 1 N–H and O–H groups in total. The second-order valence-corrected chi connectivity index (χ2v) is 11.8. The monoisotopic (exact) mass is 571 g/mol. The molecular weight excluding hydrogens is 530 g/mol. The Kier molecular flexibility index (Phi) is 8.66. The van der Waals surface area contributed by atoms with Gasteiger partial charge in [-0.25, -0.2) is 0 Å². The lowest BCUT2D eigenvalue weighted by molar-refractivity contribution is -0.154. The van der Waals surface area contributed by atoms with Crippen LogP contribution in [0.4, 0.5) is 0 Å². The van der Waals surface area contributed by atoms with Crippen LogP contribution in [0, 0.1) is 11.8 Å². The lowest BCUT2D eigenvalue weighted by Gasteiger charge is -2.37. The van der Waals surface area contributed by atoms with E-state index in [1.54, 1.807) is 26.9 Å². The molecule has 1 spiro atoms. The maximum atomic E-state index is 14.5.